The molecule has 2 aromatic rings. The first-order valence-electron chi connectivity index (χ1n) is 10.1. The summed E-state index contributed by atoms with van der Waals surface area (Å²) >= 11 is 0. The Hall–Kier alpha value is -2.69. The van der Waals surface area contributed by atoms with Crippen molar-refractivity contribution < 1.29 is 14.0 Å². The van der Waals surface area contributed by atoms with Crippen molar-refractivity contribution in [2.75, 3.05) is 13.1 Å². The highest BCUT2D eigenvalue weighted by atomic mass is 19.1. The number of benzene rings is 2. The largest absolute Gasteiger partial charge is 0.343 e. The van der Waals surface area contributed by atoms with Gasteiger partial charge < -0.3 is 9.80 Å². The molecule has 4 rings (SSSR count). The van der Waals surface area contributed by atoms with Crippen LogP contribution in [0.4, 0.5) is 4.39 Å². The third-order valence-electron chi connectivity index (χ3n) is 5.81. The lowest BCUT2D eigenvalue weighted by atomic mass is 10.0. The lowest BCUT2D eigenvalue weighted by molar-refractivity contribution is -0.132. The number of hydrogen-bond donors (Lipinski definition) is 0. The summed E-state index contributed by atoms with van der Waals surface area (Å²) in [7, 11) is 0. The zero-order chi connectivity index (χ0) is 19.5. The smallest absolute Gasteiger partial charge is 0.255 e. The van der Waals surface area contributed by atoms with E-state index in [1.165, 1.54) is 12.1 Å². The summed E-state index contributed by atoms with van der Waals surface area (Å²) in [4.78, 5) is 29.8. The van der Waals surface area contributed by atoms with Crippen molar-refractivity contribution in [3.8, 4) is 0 Å². The van der Waals surface area contributed by atoms with E-state index in [9.17, 15) is 14.0 Å². The maximum atomic E-state index is 13.5. The van der Waals surface area contributed by atoms with Crippen molar-refractivity contribution in [1.82, 2.24) is 9.80 Å². The van der Waals surface area contributed by atoms with Gasteiger partial charge in [0.05, 0.1) is 12.5 Å². The van der Waals surface area contributed by atoms with E-state index in [0.717, 1.165) is 49.9 Å². The second-order valence-corrected chi connectivity index (χ2v) is 7.66. The Labute approximate surface area is 164 Å². The molecule has 1 saturated heterocycles. The third-order valence-corrected chi connectivity index (χ3v) is 5.81. The molecule has 2 heterocycles. The molecule has 2 aliphatic heterocycles. The minimum Gasteiger partial charge on any atom is -0.343 e. The molecule has 2 aliphatic rings. The van der Waals surface area contributed by atoms with Gasteiger partial charge in [0.2, 0.25) is 5.91 Å². The maximum absolute atomic E-state index is 13.5. The Bertz CT molecular complexity index is 857. The van der Waals surface area contributed by atoms with Gasteiger partial charge in [-0.05, 0) is 42.2 Å². The molecule has 2 amide bonds. The summed E-state index contributed by atoms with van der Waals surface area (Å²) < 4.78 is 13.5. The van der Waals surface area contributed by atoms with Crippen LogP contribution >= 0.6 is 0 Å². The minimum absolute atomic E-state index is 0.0615. The normalized spacial score (nSPS) is 18.0. The van der Waals surface area contributed by atoms with Gasteiger partial charge in [-0.25, -0.2) is 4.39 Å². The van der Waals surface area contributed by atoms with Crippen molar-refractivity contribution in [2.45, 2.75) is 44.7 Å². The number of amides is 2. The predicted molar refractivity (Wildman–Crippen MR) is 105 cm³/mol. The molecule has 28 heavy (non-hydrogen) atoms. The number of fused-ring (bicyclic) bond motifs is 1. The molecule has 1 fully saturated rings. The molecule has 146 valence electrons. The van der Waals surface area contributed by atoms with Crippen LogP contribution in [0.1, 0.15) is 59.6 Å². The first-order chi connectivity index (χ1) is 13.6. The van der Waals surface area contributed by atoms with Gasteiger partial charge in [0, 0.05) is 25.2 Å². The number of nitrogens with zero attached hydrogens (tertiary/aromatic N) is 2. The fourth-order valence-electron chi connectivity index (χ4n) is 4.24. The fourth-order valence-corrected chi connectivity index (χ4v) is 4.24. The maximum Gasteiger partial charge on any atom is 0.255 e. The molecule has 0 unspecified atom stereocenters. The van der Waals surface area contributed by atoms with E-state index in [4.69, 9.17) is 0 Å². The summed E-state index contributed by atoms with van der Waals surface area (Å²) in [6.07, 6.45) is 4.60. The van der Waals surface area contributed by atoms with E-state index in [-0.39, 0.29) is 24.1 Å². The highest BCUT2D eigenvalue weighted by Crippen LogP contribution is 2.34. The molecule has 0 bridgehead atoms. The van der Waals surface area contributed by atoms with Gasteiger partial charge in [-0.3, -0.25) is 9.59 Å². The van der Waals surface area contributed by atoms with Gasteiger partial charge in [0.25, 0.3) is 5.91 Å². The van der Waals surface area contributed by atoms with Crippen molar-refractivity contribution in [2.24, 2.45) is 0 Å². The van der Waals surface area contributed by atoms with Gasteiger partial charge in [0.15, 0.2) is 0 Å². The number of halogens is 1. The molecule has 0 spiro atoms. The predicted octanol–water partition coefficient (Wildman–Crippen LogP) is 4.32. The van der Waals surface area contributed by atoms with Crippen LogP contribution in [0.25, 0.3) is 0 Å². The molecule has 1 atom stereocenters. The number of carbonyl (C=O) groups excluding carboxylic acids is 2. The van der Waals surface area contributed by atoms with E-state index in [2.05, 4.69) is 0 Å². The van der Waals surface area contributed by atoms with E-state index in [0.29, 0.717) is 12.1 Å². The molecule has 4 nitrogen and oxygen atoms in total. The van der Waals surface area contributed by atoms with Crippen LogP contribution in [0, 0.1) is 5.82 Å². The molecular weight excluding hydrogens is 355 g/mol. The van der Waals surface area contributed by atoms with Crippen molar-refractivity contribution in [1.29, 1.82) is 0 Å². The van der Waals surface area contributed by atoms with Crippen molar-refractivity contribution in [3.63, 3.8) is 0 Å². The van der Waals surface area contributed by atoms with Gasteiger partial charge in [-0.15, -0.1) is 0 Å². The van der Waals surface area contributed by atoms with Crippen LogP contribution in [0.2, 0.25) is 0 Å². The second-order valence-electron chi connectivity index (χ2n) is 7.66. The highest BCUT2D eigenvalue weighted by Gasteiger charge is 2.35. The number of carbonyl (C=O) groups is 2. The highest BCUT2D eigenvalue weighted by molar-refractivity contribution is 5.98. The zero-order valence-corrected chi connectivity index (χ0v) is 15.9. The molecule has 0 N–H and O–H groups in total. The standard InChI is InChI=1S/C23H25FN2O2/c24-19-11-9-17(10-12-19)21(15-22(27)25-13-5-1-2-6-14-25)26-16-18-7-3-4-8-20(18)23(26)28/h3-4,7-12,21H,1-2,5-6,13-16H2/t21-/m0/s1. The number of hydrogen-bond acceptors (Lipinski definition) is 2. The topological polar surface area (TPSA) is 40.6 Å². The minimum atomic E-state index is -0.392. The lowest BCUT2D eigenvalue weighted by Gasteiger charge is -2.30. The lowest BCUT2D eigenvalue weighted by Crippen LogP contribution is -2.37. The van der Waals surface area contributed by atoms with Gasteiger partial charge in [-0.1, -0.05) is 43.2 Å². The Morgan fingerprint density at radius 3 is 2.32 bits per heavy atom. The molecule has 5 heteroatoms. The fraction of sp³-hybridized carbons (Fsp3) is 0.391. The first-order valence-corrected chi connectivity index (χ1v) is 10.1. The van der Waals surface area contributed by atoms with E-state index < -0.39 is 6.04 Å². The van der Waals surface area contributed by atoms with Gasteiger partial charge in [0.1, 0.15) is 5.82 Å². The third kappa shape index (κ3) is 3.79. The Kier molecular flexibility index (Phi) is 5.42. The van der Waals surface area contributed by atoms with Crippen LogP contribution in [0.3, 0.4) is 0 Å². The number of likely N-dealkylation sites (tertiary alicyclic amines) is 1. The average molecular weight is 380 g/mol. The SMILES string of the molecule is O=C(C[C@@H](c1ccc(F)cc1)N1Cc2ccccc2C1=O)N1CCCCCC1. The number of rotatable bonds is 4. The van der Waals surface area contributed by atoms with Crippen molar-refractivity contribution in [3.05, 3.63) is 71.0 Å². The van der Waals surface area contributed by atoms with Crippen LogP contribution in [-0.2, 0) is 11.3 Å². The Morgan fingerprint density at radius 2 is 1.64 bits per heavy atom. The first kappa shape index (κ1) is 18.7. The summed E-state index contributed by atoms with van der Waals surface area (Å²) in [5.41, 5.74) is 2.46. The van der Waals surface area contributed by atoms with E-state index >= 15 is 0 Å². The van der Waals surface area contributed by atoms with Gasteiger partial charge in [-0.2, -0.15) is 0 Å². The van der Waals surface area contributed by atoms with Crippen LogP contribution < -0.4 is 0 Å². The Morgan fingerprint density at radius 1 is 0.964 bits per heavy atom. The average Bonchev–Trinajstić information content (AvgIpc) is 2.88. The molecule has 0 aliphatic carbocycles. The van der Waals surface area contributed by atoms with Crippen molar-refractivity contribution >= 4 is 11.8 Å². The molecule has 0 radical (unpaired) electrons. The van der Waals surface area contributed by atoms with Crippen LogP contribution in [-0.4, -0.2) is 34.7 Å². The van der Waals surface area contributed by atoms with E-state index in [1.54, 1.807) is 17.0 Å². The monoisotopic (exact) mass is 380 g/mol. The van der Waals surface area contributed by atoms with Gasteiger partial charge >= 0.3 is 0 Å². The summed E-state index contributed by atoms with van der Waals surface area (Å²) in [5, 5.41) is 0. The Balaban J connectivity index is 1.60. The molecule has 0 aromatic heterocycles. The molecular formula is C23H25FN2O2. The zero-order valence-electron chi connectivity index (χ0n) is 15.9. The second kappa shape index (κ2) is 8.13. The summed E-state index contributed by atoms with van der Waals surface area (Å²) in [5.74, 6) is -0.314. The molecule has 0 saturated carbocycles. The summed E-state index contributed by atoms with van der Waals surface area (Å²) in [6.45, 7) is 2.04. The summed E-state index contributed by atoms with van der Waals surface area (Å²) in [6, 6.07) is 13.3. The molecule has 2 aromatic carbocycles. The quantitative estimate of drug-likeness (QED) is 0.793. The van der Waals surface area contributed by atoms with Crippen LogP contribution in [0.15, 0.2) is 48.5 Å². The van der Waals surface area contributed by atoms with Crippen LogP contribution in [0.5, 0.6) is 0 Å². The van der Waals surface area contributed by atoms with E-state index in [1.807, 2.05) is 29.2 Å².